The summed E-state index contributed by atoms with van der Waals surface area (Å²) in [6.07, 6.45) is 0.898. The number of rotatable bonds is 1. The highest BCUT2D eigenvalue weighted by Crippen LogP contribution is 2.16. The fourth-order valence-electron chi connectivity index (χ4n) is 1.21. The van der Waals surface area contributed by atoms with Crippen molar-refractivity contribution in [2.45, 2.75) is 51.8 Å². The first kappa shape index (κ1) is 9.52. The quantitative estimate of drug-likeness (QED) is 0.600. The average molecular weight is 171 g/mol. The van der Waals surface area contributed by atoms with E-state index < -0.39 is 0 Å². The lowest BCUT2D eigenvalue weighted by Crippen LogP contribution is -2.56. The van der Waals surface area contributed by atoms with E-state index in [0.717, 1.165) is 6.42 Å². The monoisotopic (exact) mass is 171 g/mol. The zero-order valence-electron chi connectivity index (χ0n) is 8.18. The Morgan fingerprint density at radius 1 is 1.50 bits per heavy atom. The lowest BCUT2D eigenvalue weighted by molar-refractivity contribution is -0.160. The summed E-state index contributed by atoms with van der Waals surface area (Å²) in [5.74, 6) is -0.124. The normalized spacial score (nSPS) is 29.3. The molecule has 1 aliphatic rings. The Morgan fingerprint density at radius 3 is 2.33 bits per heavy atom. The number of hydrogen-bond donors (Lipinski definition) is 1. The van der Waals surface area contributed by atoms with Crippen LogP contribution in [0.2, 0.25) is 0 Å². The van der Waals surface area contributed by atoms with Crippen molar-refractivity contribution in [3.8, 4) is 0 Å². The van der Waals surface area contributed by atoms with Crippen molar-refractivity contribution < 1.29 is 9.53 Å². The highest BCUT2D eigenvalue weighted by Gasteiger charge is 2.33. The average Bonchev–Trinajstić information content (AvgIpc) is 1.76. The summed E-state index contributed by atoms with van der Waals surface area (Å²) >= 11 is 0. The van der Waals surface area contributed by atoms with Crippen molar-refractivity contribution in [3.05, 3.63) is 0 Å². The van der Waals surface area contributed by atoms with Crippen LogP contribution in [-0.2, 0) is 9.53 Å². The van der Waals surface area contributed by atoms with Crippen LogP contribution >= 0.6 is 0 Å². The van der Waals surface area contributed by atoms with Crippen molar-refractivity contribution >= 4 is 5.97 Å². The van der Waals surface area contributed by atoms with E-state index in [9.17, 15) is 4.79 Å². The van der Waals surface area contributed by atoms with E-state index in [-0.39, 0.29) is 17.6 Å². The minimum Gasteiger partial charge on any atom is -0.459 e. The van der Waals surface area contributed by atoms with Crippen LogP contribution in [0, 0.1) is 0 Å². The molecule has 0 spiro atoms. The van der Waals surface area contributed by atoms with Crippen molar-refractivity contribution in [1.29, 1.82) is 0 Å². The molecule has 3 heteroatoms. The Hall–Kier alpha value is -0.570. The molecule has 0 saturated carbocycles. The van der Waals surface area contributed by atoms with Crippen LogP contribution in [0.3, 0.4) is 0 Å². The van der Waals surface area contributed by atoms with Crippen molar-refractivity contribution in [1.82, 2.24) is 5.32 Å². The summed E-state index contributed by atoms with van der Waals surface area (Å²) < 4.78 is 5.19. The van der Waals surface area contributed by atoms with Gasteiger partial charge in [-0.1, -0.05) is 0 Å². The molecule has 0 radical (unpaired) electrons. The van der Waals surface area contributed by atoms with Gasteiger partial charge in [-0.3, -0.25) is 4.79 Å². The zero-order valence-corrected chi connectivity index (χ0v) is 8.18. The molecule has 3 nitrogen and oxygen atoms in total. The third-order valence-electron chi connectivity index (χ3n) is 1.77. The number of carbonyl (C=O) groups is 1. The molecule has 0 aromatic heterocycles. The summed E-state index contributed by atoms with van der Waals surface area (Å²) in [6.45, 7) is 7.70. The molecule has 0 aromatic rings. The highest BCUT2D eigenvalue weighted by molar-refractivity contribution is 5.77. The van der Waals surface area contributed by atoms with Crippen LogP contribution < -0.4 is 5.32 Å². The Balaban J connectivity index is 2.30. The number of carbonyl (C=O) groups excluding carboxylic acids is 1. The van der Waals surface area contributed by atoms with Crippen molar-refractivity contribution in [2.24, 2.45) is 0 Å². The van der Waals surface area contributed by atoms with Gasteiger partial charge in [-0.15, -0.1) is 0 Å². The molecule has 1 N–H and O–H groups in total. The SMILES string of the molecule is CC1CC(C(=O)OC(C)(C)C)N1. The van der Waals surface area contributed by atoms with Gasteiger partial charge in [-0.2, -0.15) is 0 Å². The van der Waals surface area contributed by atoms with E-state index in [2.05, 4.69) is 12.2 Å². The maximum Gasteiger partial charge on any atom is 0.323 e. The summed E-state index contributed by atoms with van der Waals surface area (Å²) in [6, 6.07) is 0.391. The van der Waals surface area contributed by atoms with E-state index in [4.69, 9.17) is 4.74 Å². The molecule has 0 bridgehead atoms. The van der Waals surface area contributed by atoms with Gasteiger partial charge in [0, 0.05) is 6.04 Å². The molecule has 0 aliphatic carbocycles. The minimum absolute atomic E-state index is 0.0702. The number of ether oxygens (including phenoxy) is 1. The van der Waals surface area contributed by atoms with Crippen LogP contribution in [0.15, 0.2) is 0 Å². The Kier molecular flexibility index (Phi) is 2.42. The third-order valence-corrected chi connectivity index (χ3v) is 1.77. The van der Waals surface area contributed by atoms with Crippen LogP contribution in [0.1, 0.15) is 34.1 Å². The minimum atomic E-state index is -0.364. The maximum atomic E-state index is 11.3. The van der Waals surface area contributed by atoms with Gasteiger partial charge in [0.15, 0.2) is 0 Å². The summed E-state index contributed by atoms with van der Waals surface area (Å²) in [7, 11) is 0. The summed E-state index contributed by atoms with van der Waals surface area (Å²) in [5, 5.41) is 3.09. The molecule has 1 aliphatic heterocycles. The molecule has 1 heterocycles. The number of nitrogens with one attached hydrogen (secondary N) is 1. The van der Waals surface area contributed by atoms with Crippen LogP contribution in [-0.4, -0.2) is 23.7 Å². The van der Waals surface area contributed by atoms with Gasteiger partial charge >= 0.3 is 5.97 Å². The predicted molar refractivity (Wildman–Crippen MR) is 46.8 cm³/mol. The summed E-state index contributed by atoms with van der Waals surface area (Å²) in [4.78, 5) is 11.3. The van der Waals surface area contributed by atoms with Crippen LogP contribution in [0.4, 0.5) is 0 Å². The lowest BCUT2D eigenvalue weighted by atomic mass is 9.99. The highest BCUT2D eigenvalue weighted by atomic mass is 16.6. The smallest absolute Gasteiger partial charge is 0.323 e. The van der Waals surface area contributed by atoms with Crippen LogP contribution in [0.5, 0.6) is 0 Å². The van der Waals surface area contributed by atoms with Crippen LogP contribution in [0.25, 0.3) is 0 Å². The van der Waals surface area contributed by atoms with Gasteiger partial charge in [0.2, 0.25) is 0 Å². The van der Waals surface area contributed by atoms with Gasteiger partial charge in [-0.25, -0.2) is 0 Å². The molecule has 0 amide bonds. The Bertz CT molecular complexity index is 177. The third kappa shape index (κ3) is 2.48. The van der Waals surface area contributed by atoms with Gasteiger partial charge < -0.3 is 10.1 Å². The van der Waals surface area contributed by atoms with E-state index in [0.29, 0.717) is 6.04 Å². The molecule has 12 heavy (non-hydrogen) atoms. The second-order valence-corrected chi connectivity index (χ2v) is 4.39. The van der Waals surface area contributed by atoms with E-state index in [1.165, 1.54) is 0 Å². The Morgan fingerprint density at radius 2 is 2.00 bits per heavy atom. The second kappa shape index (κ2) is 3.05. The summed E-state index contributed by atoms with van der Waals surface area (Å²) in [5.41, 5.74) is -0.364. The molecular weight excluding hydrogens is 154 g/mol. The maximum absolute atomic E-state index is 11.3. The van der Waals surface area contributed by atoms with E-state index in [1.807, 2.05) is 20.8 Å². The van der Waals surface area contributed by atoms with Gasteiger partial charge in [0.05, 0.1) is 0 Å². The predicted octanol–water partition coefficient (Wildman–Crippen LogP) is 1.08. The molecule has 1 rings (SSSR count). The van der Waals surface area contributed by atoms with Crippen molar-refractivity contribution in [3.63, 3.8) is 0 Å². The van der Waals surface area contributed by atoms with E-state index >= 15 is 0 Å². The fraction of sp³-hybridized carbons (Fsp3) is 0.889. The molecule has 70 valence electrons. The first-order chi connectivity index (χ1) is 5.38. The fourth-order valence-corrected chi connectivity index (χ4v) is 1.21. The molecule has 1 saturated heterocycles. The number of esters is 1. The molecule has 1 fully saturated rings. The van der Waals surface area contributed by atoms with Crippen molar-refractivity contribution in [2.75, 3.05) is 0 Å². The first-order valence-corrected chi connectivity index (χ1v) is 4.37. The largest absolute Gasteiger partial charge is 0.459 e. The zero-order chi connectivity index (χ0) is 9.35. The standard InChI is InChI=1S/C9H17NO2/c1-6-5-7(10-6)8(11)12-9(2,3)4/h6-7,10H,5H2,1-4H3. The topological polar surface area (TPSA) is 38.3 Å². The lowest BCUT2D eigenvalue weighted by Gasteiger charge is -2.34. The Labute approximate surface area is 73.5 Å². The molecule has 2 atom stereocenters. The first-order valence-electron chi connectivity index (χ1n) is 4.37. The molecular formula is C9H17NO2. The second-order valence-electron chi connectivity index (χ2n) is 4.39. The van der Waals surface area contributed by atoms with E-state index in [1.54, 1.807) is 0 Å². The number of hydrogen-bond acceptors (Lipinski definition) is 3. The van der Waals surface area contributed by atoms with Gasteiger partial charge in [0.1, 0.15) is 11.6 Å². The molecule has 2 unspecified atom stereocenters. The van der Waals surface area contributed by atoms with Gasteiger partial charge in [0.25, 0.3) is 0 Å². The van der Waals surface area contributed by atoms with Gasteiger partial charge in [-0.05, 0) is 34.1 Å². The molecule has 0 aromatic carbocycles.